The van der Waals surface area contributed by atoms with Crippen LogP contribution in [-0.2, 0) is 11.3 Å². The van der Waals surface area contributed by atoms with Crippen molar-refractivity contribution in [3.63, 3.8) is 0 Å². The van der Waals surface area contributed by atoms with Crippen LogP contribution in [0.3, 0.4) is 0 Å². The van der Waals surface area contributed by atoms with Crippen LogP contribution < -0.4 is 5.32 Å². The smallest absolute Gasteiger partial charge is 0.315 e. The van der Waals surface area contributed by atoms with Crippen molar-refractivity contribution in [2.24, 2.45) is 0 Å². The van der Waals surface area contributed by atoms with Gasteiger partial charge in [0.05, 0.1) is 6.54 Å². The Bertz CT molecular complexity index is 550. The van der Waals surface area contributed by atoms with Crippen molar-refractivity contribution < 1.29 is 14.1 Å². The van der Waals surface area contributed by atoms with Gasteiger partial charge in [0, 0.05) is 39.1 Å². The van der Waals surface area contributed by atoms with E-state index in [0.29, 0.717) is 30.7 Å². The Morgan fingerprint density at radius 2 is 2.14 bits per heavy atom. The molecule has 120 valence electrons. The molecule has 22 heavy (non-hydrogen) atoms. The van der Waals surface area contributed by atoms with Crippen molar-refractivity contribution in [3.05, 3.63) is 11.7 Å². The number of amides is 2. The van der Waals surface area contributed by atoms with Gasteiger partial charge in [0.15, 0.2) is 5.82 Å². The van der Waals surface area contributed by atoms with Crippen molar-refractivity contribution in [2.75, 3.05) is 26.7 Å². The number of carbonyl (C=O) groups excluding carboxylic acids is 2. The molecule has 0 saturated carbocycles. The number of hydrogen-bond acceptors (Lipinski definition) is 6. The summed E-state index contributed by atoms with van der Waals surface area (Å²) in [6.07, 6.45) is 3.65. The highest BCUT2D eigenvalue weighted by Crippen LogP contribution is 2.22. The van der Waals surface area contributed by atoms with Crippen molar-refractivity contribution in [3.8, 4) is 0 Å². The average molecular weight is 307 g/mol. The summed E-state index contributed by atoms with van der Waals surface area (Å²) in [4.78, 5) is 31.5. The highest BCUT2D eigenvalue weighted by molar-refractivity contribution is 5.89. The highest BCUT2D eigenvalue weighted by Gasteiger charge is 2.31. The molecule has 8 heteroatoms. The number of aromatic nitrogens is 2. The molecule has 0 spiro atoms. The minimum Gasteiger partial charge on any atom is -0.351 e. The van der Waals surface area contributed by atoms with Gasteiger partial charge in [0.25, 0.3) is 0 Å². The maximum absolute atomic E-state index is 11.8. The van der Waals surface area contributed by atoms with E-state index in [1.807, 2.05) is 4.90 Å². The van der Waals surface area contributed by atoms with Gasteiger partial charge in [-0.3, -0.25) is 14.5 Å². The van der Waals surface area contributed by atoms with Crippen LogP contribution in [0.5, 0.6) is 0 Å². The maximum atomic E-state index is 11.8. The summed E-state index contributed by atoms with van der Waals surface area (Å²) in [7, 11) is 1.52. The second kappa shape index (κ2) is 6.43. The van der Waals surface area contributed by atoms with Gasteiger partial charge < -0.3 is 14.7 Å². The van der Waals surface area contributed by atoms with Crippen molar-refractivity contribution in [2.45, 2.75) is 38.3 Å². The molecule has 0 aromatic carbocycles. The zero-order chi connectivity index (χ0) is 15.5. The largest absolute Gasteiger partial charge is 0.351 e. The maximum Gasteiger partial charge on any atom is 0.315 e. The Kier molecular flexibility index (Phi) is 4.37. The fourth-order valence-electron chi connectivity index (χ4n) is 3.16. The average Bonchev–Trinajstić information content (AvgIpc) is 3.16. The summed E-state index contributed by atoms with van der Waals surface area (Å²) < 4.78 is 4.92. The number of nitrogens with one attached hydrogen (secondary N) is 1. The fourth-order valence-corrected chi connectivity index (χ4v) is 3.16. The molecular formula is C14H21N5O3. The van der Waals surface area contributed by atoms with Crippen LogP contribution >= 0.6 is 0 Å². The lowest BCUT2D eigenvalue weighted by Gasteiger charge is -2.36. The molecule has 0 aliphatic carbocycles. The van der Waals surface area contributed by atoms with Gasteiger partial charge in [-0.1, -0.05) is 5.16 Å². The van der Waals surface area contributed by atoms with Gasteiger partial charge in [-0.15, -0.1) is 0 Å². The number of hydrogen-bond donors (Lipinski definition) is 1. The van der Waals surface area contributed by atoms with Crippen LogP contribution in [0.4, 0.5) is 0 Å². The Labute approximate surface area is 128 Å². The quantitative estimate of drug-likeness (QED) is 0.843. The summed E-state index contributed by atoms with van der Waals surface area (Å²) in [6, 6.07) is 0.373. The zero-order valence-corrected chi connectivity index (χ0v) is 12.7. The van der Waals surface area contributed by atoms with E-state index in [1.165, 1.54) is 7.05 Å². The fraction of sp³-hybridized carbons (Fsp3) is 0.714. The zero-order valence-electron chi connectivity index (χ0n) is 12.7. The minimum atomic E-state index is -0.370. The van der Waals surface area contributed by atoms with Gasteiger partial charge >= 0.3 is 11.8 Å². The molecule has 3 rings (SSSR count). The Morgan fingerprint density at radius 1 is 1.36 bits per heavy atom. The third-order valence-corrected chi connectivity index (χ3v) is 4.36. The predicted octanol–water partition coefficient (Wildman–Crippen LogP) is 0.0160. The summed E-state index contributed by atoms with van der Waals surface area (Å²) in [6.45, 7) is 3.28. The first kappa shape index (κ1) is 15.0. The second-order valence-corrected chi connectivity index (χ2v) is 5.79. The van der Waals surface area contributed by atoms with Gasteiger partial charge in [-0.05, 0) is 19.3 Å². The Morgan fingerprint density at radius 3 is 2.77 bits per heavy atom. The molecule has 2 aliphatic heterocycles. The van der Waals surface area contributed by atoms with Crippen LogP contribution in [-0.4, -0.2) is 64.5 Å². The molecule has 2 aliphatic rings. The molecule has 1 aromatic rings. The molecular weight excluding hydrogens is 286 g/mol. The van der Waals surface area contributed by atoms with E-state index in [-0.39, 0.29) is 11.8 Å². The van der Waals surface area contributed by atoms with Crippen molar-refractivity contribution in [1.82, 2.24) is 25.3 Å². The van der Waals surface area contributed by atoms with E-state index < -0.39 is 0 Å². The van der Waals surface area contributed by atoms with Gasteiger partial charge in [-0.2, -0.15) is 4.98 Å². The Balaban J connectivity index is 1.50. The second-order valence-electron chi connectivity index (χ2n) is 5.79. The number of nitrogens with zero attached hydrogens (tertiary/aromatic N) is 4. The molecule has 1 N–H and O–H groups in total. The van der Waals surface area contributed by atoms with Crippen LogP contribution in [0.25, 0.3) is 0 Å². The van der Waals surface area contributed by atoms with E-state index in [2.05, 4.69) is 20.4 Å². The van der Waals surface area contributed by atoms with E-state index >= 15 is 0 Å². The molecule has 0 bridgehead atoms. The highest BCUT2D eigenvalue weighted by atomic mass is 16.5. The van der Waals surface area contributed by atoms with Gasteiger partial charge in [0.1, 0.15) is 0 Å². The van der Waals surface area contributed by atoms with E-state index in [4.69, 9.17) is 4.52 Å². The molecule has 2 amide bonds. The van der Waals surface area contributed by atoms with Gasteiger partial charge in [-0.25, -0.2) is 0 Å². The van der Waals surface area contributed by atoms with E-state index in [1.54, 1.807) is 0 Å². The standard InChI is InChI=1S/C14H21N5O3/c1-15-13(21)14-16-11(17-22-14)9-18-7-4-10(5-8-18)19-6-2-3-12(19)20/h10H,2-9H2,1H3,(H,15,21). The van der Waals surface area contributed by atoms with Crippen LogP contribution in [0.1, 0.15) is 42.2 Å². The lowest BCUT2D eigenvalue weighted by molar-refractivity contribution is -0.130. The molecule has 0 unspecified atom stereocenters. The molecule has 2 fully saturated rings. The number of piperidine rings is 1. The SMILES string of the molecule is CNC(=O)c1nc(CN2CCC(N3CCCC3=O)CC2)no1. The third-order valence-electron chi connectivity index (χ3n) is 4.36. The number of rotatable bonds is 4. The predicted molar refractivity (Wildman–Crippen MR) is 76.9 cm³/mol. The number of likely N-dealkylation sites (tertiary alicyclic amines) is 2. The van der Waals surface area contributed by atoms with Gasteiger partial charge in [0.2, 0.25) is 5.91 Å². The summed E-state index contributed by atoms with van der Waals surface area (Å²) >= 11 is 0. The molecule has 2 saturated heterocycles. The normalized spacial score (nSPS) is 20.6. The van der Waals surface area contributed by atoms with E-state index in [0.717, 1.165) is 38.9 Å². The summed E-state index contributed by atoms with van der Waals surface area (Å²) in [5.41, 5.74) is 0. The molecule has 3 heterocycles. The lowest BCUT2D eigenvalue weighted by atomic mass is 10.0. The van der Waals surface area contributed by atoms with Crippen LogP contribution in [0.15, 0.2) is 4.52 Å². The van der Waals surface area contributed by atoms with Crippen molar-refractivity contribution >= 4 is 11.8 Å². The Hall–Kier alpha value is -1.96. The van der Waals surface area contributed by atoms with Crippen molar-refractivity contribution in [1.29, 1.82) is 0 Å². The van der Waals surface area contributed by atoms with Crippen LogP contribution in [0, 0.1) is 0 Å². The topological polar surface area (TPSA) is 91.6 Å². The first-order valence-corrected chi connectivity index (χ1v) is 7.74. The first-order valence-electron chi connectivity index (χ1n) is 7.74. The molecule has 1 aromatic heterocycles. The third kappa shape index (κ3) is 3.11. The molecule has 0 radical (unpaired) electrons. The lowest BCUT2D eigenvalue weighted by Crippen LogP contribution is -2.45. The first-order chi connectivity index (χ1) is 10.7. The monoisotopic (exact) mass is 307 g/mol. The molecule has 0 atom stereocenters. The number of carbonyl (C=O) groups is 2. The summed E-state index contributed by atoms with van der Waals surface area (Å²) in [5.74, 6) is 0.446. The molecule has 8 nitrogen and oxygen atoms in total. The minimum absolute atomic E-state index is 0.00458. The summed E-state index contributed by atoms with van der Waals surface area (Å²) in [5, 5.41) is 6.29. The van der Waals surface area contributed by atoms with Crippen LogP contribution in [0.2, 0.25) is 0 Å². The van der Waals surface area contributed by atoms with E-state index in [9.17, 15) is 9.59 Å².